The molecule has 0 saturated carbocycles. The molecule has 0 aromatic heterocycles. The summed E-state index contributed by atoms with van der Waals surface area (Å²) >= 11 is 0. The summed E-state index contributed by atoms with van der Waals surface area (Å²) in [6.07, 6.45) is -0.536. The van der Waals surface area contributed by atoms with Crippen molar-refractivity contribution in [3.8, 4) is 0 Å². The maximum absolute atomic E-state index is 13.6. The Morgan fingerprint density at radius 3 is 1.59 bits per heavy atom. The van der Waals surface area contributed by atoms with Crippen LogP contribution in [0, 0.1) is 0 Å². The van der Waals surface area contributed by atoms with Crippen molar-refractivity contribution in [3.05, 3.63) is 35.9 Å². The lowest BCUT2D eigenvalue weighted by Gasteiger charge is -2.41. The van der Waals surface area contributed by atoms with Crippen LogP contribution in [0.15, 0.2) is 30.3 Å². The van der Waals surface area contributed by atoms with E-state index in [4.69, 9.17) is 27.1 Å². The minimum absolute atomic E-state index is 0.124. The number of benzene rings is 1. The van der Waals surface area contributed by atoms with E-state index < -0.39 is 27.8 Å². The van der Waals surface area contributed by atoms with Crippen LogP contribution in [0.1, 0.15) is 12.0 Å². The van der Waals surface area contributed by atoms with Crippen LogP contribution in [0.5, 0.6) is 0 Å². The number of nitrogens with one attached hydrogen (secondary N) is 1. The molecule has 0 radical (unpaired) electrons. The first kappa shape index (κ1) is 26.7. The van der Waals surface area contributed by atoms with Crippen molar-refractivity contribution in [2.45, 2.75) is 18.0 Å². The van der Waals surface area contributed by atoms with Crippen LogP contribution in [0.3, 0.4) is 0 Å². The third kappa shape index (κ3) is 5.66. The molecule has 0 aliphatic carbocycles. The standard InChI is InChI=1S/C16H30NO9P3/c1-21-27(18,22-2)13-12-16(28(19,23-3)24-4,29(20,25-5)26-6)17-14-15-10-8-7-9-11-15/h7-11,17H,12-14H2,1-6H3. The van der Waals surface area contributed by atoms with Crippen LogP contribution in [-0.2, 0) is 47.4 Å². The molecule has 0 aliphatic rings. The quantitative estimate of drug-likeness (QED) is 0.392. The SMILES string of the molecule is COP(=O)(CCC(NCc1ccccc1)(P(=O)(OC)OC)P(=O)(OC)OC)OC. The molecular formula is C16H30NO9P3. The van der Waals surface area contributed by atoms with Gasteiger partial charge in [0.2, 0.25) is 5.02 Å². The van der Waals surface area contributed by atoms with Gasteiger partial charge in [-0.25, -0.2) is 0 Å². The van der Waals surface area contributed by atoms with Crippen molar-refractivity contribution in [2.75, 3.05) is 48.8 Å². The van der Waals surface area contributed by atoms with Crippen LogP contribution in [0.2, 0.25) is 0 Å². The normalized spacial score (nSPS) is 13.6. The third-order valence-electron chi connectivity index (χ3n) is 4.58. The lowest BCUT2D eigenvalue weighted by atomic mass is 10.2. The van der Waals surface area contributed by atoms with E-state index in [-0.39, 0.29) is 19.1 Å². The Hall–Kier alpha value is -0.370. The number of hydrogen-bond donors (Lipinski definition) is 1. The van der Waals surface area contributed by atoms with Crippen LogP contribution in [0.25, 0.3) is 0 Å². The van der Waals surface area contributed by atoms with Gasteiger partial charge in [0, 0.05) is 55.6 Å². The molecule has 0 fully saturated rings. The molecule has 0 heterocycles. The molecule has 29 heavy (non-hydrogen) atoms. The number of rotatable bonds is 14. The molecule has 0 amide bonds. The van der Waals surface area contributed by atoms with Gasteiger partial charge >= 0.3 is 22.8 Å². The van der Waals surface area contributed by atoms with Crippen LogP contribution < -0.4 is 5.32 Å². The molecule has 1 aromatic rings. The fourth-order valence-electron chi connectivity index (χ4n) is 2.85. The van der Waals surface area contributed by atoms with Crippen molar-refractivity contribution in [1.29, 1.82) is 0 Å². The van der Waals surface area contributed by atoms with Gasteiger partial charge in [0.15, 0.2) is 0 Å². The highest BCUT2D eigenvalue weighted by molar-refractivity contribution is 7.74. The molecule has 0 atom stereocenters. The molecule has 168 valence electrons. The first-order valence-corrected chi connectivity index (χ1v) is 13.4. The fraction of sp³-hybridized carbons (Fsp3) is 0.625. The highest BCUT2D eigenvalue weighted by Crippen LogP contribution is 2.77. The Balaban J connectivity index is 3.56. The zero-order chi connectivity index (χ0) is 22.2. The van der Waals surface area contributed by atoms with Crippen LogP contribution in [0.4, 0.5) is 0 Å². The second-order valence-electron chi connectivity index (χ2n) is 5.83. The molecule has 0 saturated heterocycles. The van der Waals surface area contributed by atoms with E-state index in [1.807, 2.05) is 30.3 Å². The summed E-state index contributed by atoms with van der Waals surface area (Å²) in [7, 11) is -4.83. The van der Waals surface area contributed by atoms with E-state index in [0.29, 0.717) is 0 Å². The Kier molecular flexibility index (Phi) is 10.4. The van der Waals surface area contributed by atoms with E-state index in [9.17, 15) is 13.7 Å². The Labute approximate surface area is 172 Å². The largest absolute Gasteiger partial charge is 0.362 e. The monoisotopic (exact) mass is 473 g/mol. The van der Waals surface area contributed by atoms with Gasteiger partial charge in [-0.05, 0) is 5.56 Å². The Morgan fingerprint density at radius 2 is 1.21 bits per heavy atom. The summed E-state index contributed by atoms with van der Waals surface area (Å²) in [4.78, 5) is 0. The first-order chi connectivity index (χ1) is 13.6. The zero-order valence-electron chi connectivity index (χ0n) is 17.5. The van der Waals surface area contributed by atoms with Crippen molar-refractivity contribution in [2.24, 2.45) is 0 Å². The van der Waals surface area contributed by atoms with E-state index in [2.05, 4.69) is 5.32 Å². The second kappa shape index (κ2) is 11.3. The predicted molar refractivity (Wildman–Crippen MR) is 110 cm³/mol. The molecule has 1 rings (SSSR count). The molecule has 1 N–H and O–H groups in total. The van der Waals surface area contributed by atoms with Gasteiger partial charge in [-0.2, -0.15) is 0 Å². The molecule has 10 nitrogen and oxygen atoms in total. The second-order valence-corrected chi connectivity index (χ2v) is 13.6. The van der Waals surface area contributed by atoms with Crippen molar-refractivity contribution < 1.29 is 40.8 Å². The fourth-order valence-corrected chi connectivity index (χ4v) is 9.33. The van der Waals surface area contributed by atoms with E-state index in [0.717, 1.165) is 34.0 Å². The van der Waals surface area contributed by atoms with Gasteiger partial charge in [0.1, 0.15) is 0 Å². The molecular weight excluding hydrogens is 443 g/mol. The summed E-state index contributed by atoms with van der Waals surface area (Å²) in [6.45, 7) is 0.124. The van der Waals surface area contributed by atoms with Crippen molar-refractivity contribution in [1.82, 2.24) is 5.32 Å². The zero-order valence-corrected chi connectivity index (χ0v) is 20.2. The van der Waals surface area contributed by atoms with Gasteiger partial charge in [0.05, 0.1) is 6.16 Å². The summed E-state index contributed by atoms with van der Waals surface area (Å²) < 4.78 is 70.6. The highest BCUT2D eigenvalue weighted by atomic mass is 31.2. The van der Waals surface area contributed by atoms with E-state index in [1.54, 1.807) is 0 Å². The highest BCUT2D eigenvalue weighted by Gasteiger charge is 2.64. The molecule has 0 bridgehead atoms. The smallest absolute Gasteiger partial charge is 0.312 e. The predicted octanol–water partition coefficient (Wildman–Crippen LogP) is 4.28. The van der Waals surface area contributed by atoms with Crippen molar-refractivity contribution >= 4 is 22.8 Å². The molecule has 1 aromatic carbocycles. The van der Waals surface area contributed by atoms with Gasteiger partial charge in [0.25, 0.3) is 0 Å². The van der Waals surface area contributed by atoms with E-state index in [1.165, 1.54) is 14.2 Å². The minimum atomic E-state index is -4.18. The topological polar surface area (TPSA) is 119 Å². The van der Waals surface area contributed by atoms with Gasteiger partial charge in [-0.15, -0.1) is 0 Å². The summed E-state index contributed by atoms with van der Waals surface area (Å²) in [5.74, 6) is 0. The van der Waals surface area contributed by atoms with Gasteiger partial charge in [-0.3, -0.25) is 19.0 Å². The Bertz CT molecular complexity index is 724. The van der Waals surface area contributed by atoms with Crippen LogP contribution >= 0.6 is 22.8 Å². The summed E-state index contributed by atoms with van der Waals surface area (Å²) in [6, 6.07) is 9.13. The van der Waals surface area contributed by atoms with Gasteiger partial charge < -0.3 is 27.1 Å². The lowest BCUT2D eigenvalue weighted by Crippen LogP contribution is -2.46. The third-order valence-corrected chi connectivity index (χ3v) is 12.4. The lowest BCUT2D eigenvalue weighted by molar-refractivity contribution is 0.208. The summed E-state index contributed by atoms with van der Waals surface area (Å²) in [5.41, 5.74) is 0.802. The van der Waals surface area contributed by atoms with E-state index >= 15 is 0 Å². The average Bonchev–Trinajstić information content (AvgIpc) is 2.78. The first-order valence-electron chi connectivity index (χ1n) is 8.58. The maximum Gasteiger partial charge on any atom is 0.362 e. The van der Waals surface area contributed by atoms with Crippen molar-refractivity contribution in [3.63, 3.8) is 0 Å². The molecule has 0 spiro atoms. The molecule has 13 heteroatoms. The maximum atomic E-state index is 13.6. The molecule has 0 unspecified atom stereocenters. The molecule has 0 aliphatic heterocycles. The minimum Gasteiger partial charge on any atom is -0.312 e. The average molecular weight is 473 g/mol. The number of hydrogen-bond acceptors (Lipinski definition) is 10. The Morgan fingerprint density at radius 1 is 0.759 bits per heavy atom. The van der Waals surface area contributed by atoms with Gasteiger partial charge in [-0.1, -0.05) is 30.3 Å². The summed E-state index contributed by atoms with van der Waals surface area (Å²) in [5, 5.41) is 1.01. The van der Waals surface area contributed by atoms with Crippen LogP contribution in [-0.4, -0.2) is 53.8 Å².